The van der Waals surface area contributed by atoms with E-state index in [0.29, 0.717) is 17.1 Å². The van der Waals surface area contributed by atoms with Gasteiger partial charge in [-0.25, -0.2) is 13.1 Å². The van der Waals surface area contributed by atoms with Crippen molar-refractivity contribution in [3.05, 3.63) is 41.3 Å². The zero-order chi connectivity index (χ0) is 17.9. The first-order valence-electron chi connectivity index (χ1n) is 7.53. The van der Waals surface area contributed by atoms with Crippen LogP contribution in [0.2, 0.25) is 0 Å². The van der Waals surface area contributed by atoms with Crippen molar-refractivity contribution in [3.63, 3.8) is 0 Å². The summed E-state index contributed by atoms with van der Waals surface area (Å²) in [5.41, 5.74) is 1.96. The minimum atomic E-state index is -3.54. The van der Waals surface area contributed by atoms with Gasteiger partial charge in [0.1, 0.15) is 5.76 Å². The first-order valence-corrected chi connectivity index (χ1v) is 9.01. The summed E-state index contributed by atoms with van der Waals surface area (Å²) >= 11 is 0. The summed E-state index contributed by atoms with van der Waals surface area (Å²) in [7, 11) is -3.54. The second-order valence-electron chi connectivity index (χ2n) is 5.83. The van der Waals surface area contributed by atoms with Gasteiger partial charge in [0, 0.05) is 17.3 Å². The molecular weight excluding hydrogens is 330 g/mol. The molecule has 1 amide bonds. The van der Waals surface area contributed by atoms with Crippen LogP contribution in [0.15, 0.2) is 33.7 Å². The van der Waals surface area contributed by atoms with Crippen molar-refractivity contribution < 1.29 is 17.7 Å². The predicted octanol–water partition coefficient (Wildman–Crippen LogP) is 2.16. The minimum absolute atomic E-state index is 0.149. The molecule has 24 heavy (non-hydrogen) atoms. The second kappa shape index (κ2) is 7.14. The molecule has 0 aliphatic heterocycles. The van der Waals surface area contributed by atoms with Crippen LogP contribution in [0.4, 0.5) is 5.69 Å². The SMILES string of the molecule is Cc1noc(C)c1CC(=O)Nc1ccc(S(=O)(=O)NC(C)C)cc1. The summed E-state index contributed by atoms with van der Waals surface area (Å²) in [6.45, 7) is 7.03. The summed E-state index contributed by atoms with van der Waals surface area (Å²) < 4.78 is 31.6. The summed E-state index contributed by atoms with van der Waals surface area (Å²) in [6.07, 6.45) is 0.149. The van der Waals surface area contributed by atoms with Gasteiger partial charge in [0.25, 0.3) is 0 Å². The lowest BCUT2D eigenvalue weighted by Gasteiger charge is -2.10. The zero-order valence-corrected chi connectivity index (χ0v) is 14.9. The third kappa shape index (κ3) is 4.42. The number of aryl methyl sites for hydroxylation is 2. The summed E-state index contributed by atoms with van der Waals surface area (Å²) in [5.74, 6) is 0.393. The van der Waals surface area contributed by atoms with Gasteiger partial charge in [0.2, 0.25) is 15.9 Å². The number of hydrogen-bond donors (Lipinski definition) is 2. The molecule has 130 valence electrons. The van der Waals surface area contributed by atoms with E-state index in [1.165, 1.54) is 12.1 Å². The minimum Gasteiger partial charge on any atom is -0.361 e. The first-order chi connectivity index (χ1) is 11.2. The number of aromatic nitrogens is 1. The average Bonchev–Trinajstić information content (AvgIpc) is 2.78. The van der Waals surface area contributed by atoms with E-state index in [4.69, 9.17) is 4.52 Å². The molecule has 2 rings (SSSR count). The Labute approximate surface area is 141 Å². The quantitative estimate of drug-likeness (QED) is 0.830. The molecule has 0 atom stereocenters. The molecule has 0 fully saturated rings. The summed E-state index contributed by atoms with van der Waals surface area (Å²) in [6, 6.07) is 5.83. The van der Waals surface area contributed by atoms with Crippen LogP contribution in [-0.2, 0) is 21.2 Å². The normalized spacial score (nSPS) is 11.7. The Morgan fingerprint density at radius 2 is 1.83 bits per heavy atom. The largest absolute Gasteiger partial charge is 0.361 e. The Hall–Kier alpha value is -2.19. The third-order valence-electron chi connectivity index (χ3n) is 3.36. The van der Waals surface area contributed by atoms with Crippen LogP contribution in [-0.4, -0.2) is 25.5 Å². The predicted molar refractivity (Wildman–Crippen MR) is 90.2 cm³/mol. The van der Waals surface area contributed by atoms with Crippen LogP contribution in [0.1, 0.15) is 30.9 Å². The van der Waals surface area contributed by atoms with Crippen LogP contribution in [0.3, 0.4) is 0 Å². The Kier molecular flexibility index (Phi) is 5.40. The van der Waals surface area contributed by atoms with Gasteiger partial charge in [0.05, 0.1) is 17.0 Å². The van der Waals surface area contributed by atoms with Crippen LogP contribution in [0.5, 0.6) is 0 Å². The van der Waals surface area contributed by atoms with Gasteiger partial charge in [-0.3, -0.25) is 4.79 Å². The molecule has 0 saturated heterocycles. The maximum absolute atomic E-state index is 12.1. The molecule has 1 aromatic heterocycles. The zero-order valence-electron chi connectivity index (χ0n) is 14.1. The monoisotopic (exact) mass is 351 g/mol. The lowest BCUT2D eigenvalue weighted by Crippen LogP contribution is -2.30. The molecular formula is C16H21N3O4S. The summed E-state index contributed by atoms with van der Waals surface area (Å²) in [5, 5.41) is 6.54. The third-order valence-corrected chi connectivity index (χ3v) is 5.03. The van der Waals surface area contributed by atoms with Crippen LogP contribution >= 0.6 is 0 Å². The number of carbonyl (C=O) groups is 1. The van der Waals surface area contributed by atoms with E-state index in [2.05, 4.69) is 15.2 Å². The molecule has 0 bridgehead atoms. The van der Waals surface area contributed by atoms with Crippen molar-refractivity contribution in [1.82, 2.24) is 9.88 Å². The lowest BCUT2D eigenvalue weighted by molar-refractivity contribution is -0.115. The van der Waals surface area contributed by atoms with Crippen molar-refractivity contribution in [2.45, 2.75) is 45.1 Å². The van der Waals surface area contributed by atoms with Crippen molar-refractivity contribution in [2.24, 2.45) is 0 Å². The van der Waals surface area contributed by atoms with E-state index in [1.807, 2.05) is 0 Å². The van der Waals surface area contributed by atoms with Gasteiger partial charge in [-0.15, -0.1) is 0 Å². The van der Waals surface area contributed by atoms with E-state index in [9.17, 15) is 13.2 Å². The molecule has 2 aromatic rings. The fourth-order valence-electron chi connectivity index (χ4n) is 2.22. The maximum atomic E-state index is 12.1. The fraction of sp³-hybridized carbons (Fsp3) is 0.375. The molecule has 0 radical (unpaired) electrons. The van der Waals surface area contributed by atoms with Gasteiger partial charge in [0.15, 0.2) is 0 Å². The summed E-state index contributed by atoms with van der Waals surface area (Å²) in [4.78, 5) is 12.3. The van der Waals surface area contributed by atoms with E-state index in [1.54, 1.807) is 39.8 Å². The highest BCUT2D eigenvalue weighted by atomic mass is 32.2. The fourth-order valence-corrected chi connectivity index (χ4v) is 3.47. The Morgan fingerprint density at radius 1 is 1.21 bits per heavy atom. The van der Waals surface area contributed by atoms with Crippen LogP contribution in [0, 0.1) is 13.8 Å². The molecule has 0 saturated carbocycles. The second-order valence-corrected chi connectivity index (χ2v) is 7.54. The van der Waals surface area contributed by atoms with Gasteiger partial charge in [-0.05, 0) is 52.0 Å². The molecule has 0 spiro atoms. The number of anilines is 1. The number of rotatable bonds is 6. The number of nitrogens with one attached hydrogen (secondary N) is 2. The van der Waals surface area contributed by atoms with Crippen molar-refractivity contribution in [2.75, 3.05) is 5.32 Å². The Bertz CT molecular complexity index is 804. The highest BCUT2D eigenvalue weighted by Crippen LogP contribution is 2.16. The van der Waals surface area contributed by atoms with E-state index in [-0.39, 0.29) is 23.3 Å². The molecule has 0 unspecified atom stereocenters. The van der Waals surface area contributed by atoms with Crippen LogP contribution < -0.4 is 10.0 Å². The number of amides is 1. The standard InChI is InChI=1S/C16H21N3O4S/c1-10(2)19-24(21,22)14-7-5-13(6-8-14)17-16(20)9-15-11(3)18-23-12(15)4/h5-8,10,19H,9H2,1-4H3,(H,17,20). The number of nitrogens with zero attached hydrogens (tertiary/aromatic N) is 1. The molecule has 7 nitrogen and oxygen atoms in total. The first kappa shape index (κ1) is 18.2. The van der Waals surface area contributed by atoms with Crippen molar-refractivity contribution in [1.29, 1.82) is 0 Å². The Morgan fingerprint density at radius 3 is 2.33 bits per heavy atom. The maximum Gasteiger partial charge on any atom is 0.240 e. The molecule has 8 heteroatoms. The number of carbonyl (C=O) groups excluding carboxylic acids is 1. The average molecular weight is 351 g/mol. The molecule has 2 N–H and O–H groups in total. The number of hydrogen-bond acceptors (Lipinski definition) is 5. The van der Waals surface area contributed by atoms with E-state index >= 15 is 0 Å². The van der Waals surface area contributed by atoms with Crippen molar-refractivity contribution in [3.8, 4) is 0 Å². The Balaban J connectivity index is 2.05. The molecule has 0 aliphatic rings. The highest BCUT2D eigenvalue weighted by molar-refractivity contribution is 7.89. The van der Waals surface area contributed by atoms with E-state index in [0.717, 1.165) is 5.56 Å². The molecule has 1 heterocycles. The van der Waals surface area contributed by atoms with Crippen molar-refractivity contribution >= 4 is 21.6 Å². The molecule has 1 aromatic carbocycles. The smallest absolute Gasteiger partial charge is 0.240 e. The van der Waals surface area contributed by atoms with E-state index < -0.39 is 10.0 Å². The number of sulfonamides is 1. The topological polar surface area (TPSA) is 101 Å². The van der Waals surface area contributed by atoms with Crippen LogP contribution in [0.25, 0.3) is 0 Å². The lowest BCUT2D eigenvalue weighted by atomic mass is 10.1. The van der Waals surface area contributed by atoms with Gasteiger partial charge >= 0.3 is 0 Å². The highest BCUT2D eigenvalue weighted by Gasteiger charge is 2.16. The van der Waals surface area contributed by atoms with Gasteiger partial charge in [-0.1, -0.05) is 5.16 Å². The van der Waals surface area contributed by atoms with Gasteiger partial charge in [-0.2, -0.15) is 0 Å². The molecule has 0 aliphatic carbocycles. The van der Waals surface area contributed by atoms with Gasteiger partial charge < -0.3 is 9.84 Å². The number of benzene rings is 1.